The Bertz CT molecular complexity index is 468. The average Bonchev–Trinajstić information content (AvgIpc) is 2.86. The number of nitrogens with one attached hydrogen (secondary N) is 1. The van der Waals surface area contributed by atoms with Crippen LogP contribution in [0, 0.1) is 0 Å². The van der Waals surface area contributed by atoms with E-state index in [2.05, 4.69) is 30.4 Å². The van der Waals surface area contributed by atoms with Crippen molar-refractivity contribution in [1.29, 1.82) is 0 Å². The molecule has 0 fully saturated rings. The van der Waals surface area contributed by atoms with Crippen LogP contribution in [0.15, 0.2) is 23.2 Å². The number of amidine groups is 1. The lowest BCUT2D eigenvalue weighted by Gasteiger charge is -2.19. The second kappa shape index (κ2) is 5.35. The summed E-state index contributed by atoms with van der Waals surface area (Å²) in [6, 6.07) is 7.29. The van der Waals surface area contributed by atoms with Gasteiger partial charge in [0.05, 0.1) is 6.04 Å². The van der Waals surface area contributed by atoms with Crippen LogP contribution in [0.25, 0.3) is 0 Å². The van der Waals surface area contributed by atoms with E-state index in [0.717, 1.165) is 11.6 Å². The molecule has 1 unspecified atom stereocenters. The van der Waals surface area contributed by atoms with E-state index in [1.54, 1.807) is 0 Å². The Morgan fingerprint density at radius 3 is 3.11 bits per heavy atom. The number of hydrogen-bond donors (Lipinski definition) is 1. The lowest BCUT2D eigenvalue weighted by molar-refractivity contribution is 0.634. The molecule has 0 amide bonds. The van der Waals surface area contributed by atoms with Gasteiger partial charge in [-0.05, 0) is 55.4 Å². The van der Waals surface area contributed by atoms with Gasteiger partial charge in [-0.2, -0.15) is 0 Å². The van der Waals surface area contributed by atoms with Crippen molar-refractivity contribution in [3.05, 3.63) is 29.3 Å². The first-order valence-electron chi connectivity index (χ1n) is 6.94. The van der Waals surface area contributed by atoms with Crippen molar-refractivity contribution in [3.8, 4) is 0 Å². The number of aryl methyl sites for hydroxylation is 2. The maximum atomic E-state index is 4.76. The third-order valence-electron chi connectivity index (χ3n) is 3.81. The minimum absolute atomic E-state index is 0.517. The number of fused-ring (bicyclic) bond motifs is 1. The number of aliphatic imine (C=N–C) groups is 1. The predicted molar refractivity (Wildman–Crippen MR) is 80.7 cm³/mol. The summed E-state index contributed by atoms with van der Waals surface area (Å²) in [6.07, 6.45) is 6.17. The summed E-state index contributed by atoms with van der Waals surface area (Å²) in [4.78, 5) is 4.76. The number of nitrogens with zero attached hydrogens (tertiary/aromatic N) is 1. The molecule has 1 N–H and O–H groups in total. The zero-order valence-electron chi connectivity index (χ0n) is 10.9. The molecule has 0 radical (unpaired) electrons. The maximum absolute atomic E-state index is 4.76. The summed E-state index contributed by atoms with van der Waals surface area (Å²) >= 11 is 1.85. The summed E-state index contributed by atoms with van der Waals surface area (Å²) < 4.78 is 0. The molecule has 0 aromatic heterocycles. The van der Waals surface area contributed by atoms with E-state index in [9.17, 15) is 0 Å². The zero-order chi connectivity index (χ0) is 12.4. The first-order valence-corrected chi connectivity index (χ1v) is 7.93. The minimum Gasteiger partial charge on any atom is -0.335 e. The largest absolute Gasteiger partial charge is 0.335 e. The molecular weight excluding hydrogens is 240 g/mol. The topological polar surface area (TPSA) is 24.4 Å². The standard InChI is InChI=1S/C15H20N2S/c1-2-13-8-9-18-15(16-13)17-14-7-6-11-4-3-5-12(11)10-14/h6-7,10,13H,2-5,8-9H2,1H3,(H,16,17). The molecule has 0 saturated heterocycles. The molecule has 0 saturated carbocycles. The molecule has 0 spiro atoms. The van der Waals surface area contributed by atoms with Gasteiger partial charge in [0.25, 0.3) is 0 Å². The van der Waals surface area contributed by atoms with Gasteiger partial charge < -0.3 is 5.32 Å². The average molecular weight is 260 g/mol. The number of anilines is 1. The molecule has 1 heterocycles. The Balaban J connectivity index is 1.74. The number of hydrogen-bond acceptors (Lipinski definition) is 3. The lowest BCUT2D eigenvalue weighted by atomic mass is 10.1. The van der Waals surface area contributed by atoms with Gasteiger partial charge in [-0.15, -0.1) is 0 Å². The summed E-state index contributed by atoms with van der Waals surface area (Å²) in [6.45, 7) is 2.22. The summed E-state index contributed by atoms with van der Waals surface area (Å²) in [5.74, 6) is 1.19. The Hall–Kier alpha value is -0.960. The third-order valence-corrected chi connectivity index (χ3v) is 4.73. The first-order chi connectivity index (χ1) is 8.85. The Morgan fingerprint density at radius 2 is 2.22 bits per heavy atom. The number of benzene rings is 1. The fourth-order valence-electron chi connectivity index (χ4n) is 2.70. The number of thioether (sulfide) groups is 1. The fourth-order valence-corrected chi connectivity index (χ4v) is 3.69. The van der Waals surface area contributed by atoms with Gasteiger partial charge >= 0.3 is 0 Å². The van der Waals surface area contributed by atoms with Crippen molar-refractivity contribution in [2.24, 2.45) is 4.99 Å². The molecule has 3 heteroatoms. The van der Waals surface area contributed by atoms with Crippen LogP contribution in [-0.4, -0.2) is 17.0 Å². The van der Waals surface area contributed by atoms with Crippen molar-refractivity contribution in [1.82, 2.24) is 0 Å². The van der Waals surface area contributed by atoms with Crippen LogP contribution in [0.4, 0.5) is 5.69 Å². The van der Waals surface area contributed by atoms with Crippen molar-refractivity contribution >= 4 is 22.6 Å². The molecule has 1 aromatic carbocycles. The SMILES string of the molecule is CCC1CCSC(Nc2ccc3c(c2)CCC3)=N1. The minimum atomic E-state index is 0.517. The quantitative estimate of drug-likeness (QED) is 0.873. The molecule has 2 nitrogen and oxygen atoms in total. The maximum Gasteiger partial charge on any atom is 0.161 e. The van der Waals surface area contributed by atoms with E-state index < -0.39 is 0 Å². The van der Waals surface area contributed by atoms with Crippen LogP contribution in [0.5, 0.6) is 0 Å². The van der Waals surface area contributed by atoms with Crippen LogP contribution >= 0.6 is 11.8 Å². The fraction of sp³-hybridized carbons (Fsp3) is 0.533. The van der Waals surface area contributed by atoms with E-state index in [-0.39, 0.29) is 0 Å². The normalized spacial score (nSPS) is 22.5. The number of rotatable bonds is 2. The van der Waals surface area contributed by atoms with Crippen LogP contribution in [0.2, 0.25) is 0 Å². The van der Waals surface area contributed by atoms with E-state index in [1.807, 2.05) is 11.8 Å². The van der Waals surface area contributed by atoms with E-state index >= 15 is 0 Å². The highest BCUT2D eigenvalue weighted by Crippen LogP contribution is 2.26. The summed E-state index contributed by atoms with van der Waals surface area (Å²) in [7, 11) is 0. The molecular formula is C15H20N2S. The second-order valence-electron chi connectivity index (χ2n) is 5.10. The highest BCUT2D eigenvalue weighted by molar-refractivity contribution is 8.14. The molecule has 1 aromatic rings. The first kappa shape index (κ1) is 12.1. The molecule has 1 atom stereocenters. The van der Waals surface area contributed by atoms with E-state index in [4.69, 9.17) is 4.99 Å². The van der Waals surface area contributed by atoms with Crippen LogP contribution in [0.3, 0.4) is 0 Å². The Morgan fingerprint density at radius 1 is 1.33 bits per heavy atom. The summed E-state index contributed by atoms with van der Waals surface area (Å²) in [5, 5.41) is 4.59. The smallest absolute Gasteiger partial charge is 0.161 e. The Kier molecular flexibility index (Phi) is 3.59. The van der Waals surface area contributed by atoms with Gasteiger partial charge in [0.15, 0.2) is 5.17 Å². The van der Waals surface area contributed by atoms with Crippen molar-refractivity contribution in [2.75, 3.05) is 11.1 Å². The van der Waals surface area contributed by atoms with Crippen molar-refractivity contribution in [3.63, 3.8) is 0 Å². The van der Waals surface area contributed by atoms with Gasteiger partial charge in [-0.3, -0.25) is 4.99 Å². The summed E-state index contributed by atoms with van der Waals surface area (Å²) in [5.41, 5.74) is 4.26. The van der Waals surface area contributed by atoms with Gasteiger partial charge in [0.1, 0.15) is 0 Å². The zero-order valence-corrected chi connectivity index (χ0v) is 11.7. The van der Waals surface area contributed by atoms with Crippen LogP contribution in [-0.2, 0) is 12.8 Å². The predicted octanol–water partition coefficient (Wildman–Crippen LogP) is 3.86. The van der Waals surface area contributed by atoms with Crippen LogP contribution in [0.1, 0.15) is 37.3 Å². The second-order valence-corrected chi connectivity index (χ2v) is 6.18. The highest BCUT2D eigenvalue weighted by Gasteiger charge is 2.15. The molecule has 1 aliphatic heterocycles. The van der Waals surface area contributed by atoms with Crippen molar-refractivity contribution < 1.29 is 0 Å². The highest BCUT2D eigenvalue weighted by atomic mass is 32.2. The van der Waals surface area contributed by atoms with E-state index in [0.29, 0.717) is 6.04 Å². The third kappa shape index (κ3) is 2.56. The molecule has 96 valence electrons. The van der Waals surface area contributed by atoms with Gasteiger partial charge in [-0.1, -0.05) is 24.8 Å². The molecule has 2 aliphatic rings. The van der Waals surface area contributed by atoms with Gasteiger partial charge in [0, 0.05) is 11.4 Å². The van der Waals surface area contributed by atoms with Gasteiger partial charge in [-0.25, -0.2) is 0 Å². The molecule has 0 bridgehead atoms. The van der Waals surface area contributed by atoms with Crippen molar-refractivity contribution in [2.45, 2.75) is 45.1 Å². The Labute approximate surface area is 113 Å². The van der Waals surface area contributed by atoms with E-state index in [1.165, 1.54) is 48.3 Å². The monoisotopic (exact) mass is 260 g/mol. The lowest BCUT2D eigenvalue weighted by Crippen LogP contribution is -2.19. The molecule has 3 rings (SSSR count). The molecule has 1 aliphatic carbocycles. The van der Waals surface area contributed by atoms with Gasteiger partial charge in [0.2, 0.25) is 0 Å². The molecule has 18 heavy (non-hydrogen) atoms. The van der Waals surface area contributed by atoms with Crippen LogP contribution < -0.4 is 5.32 Å².